The Labute approximate surface area is 156 Å². The third-order valence-corrected chi connectivity index (χ3v) is 7.05. The fourth-order valence-electron chi connectivity index (χ4n) is 6.33. The highest BCUT2D eigenvalue weighted by Gasteiger charge is 2.62. The second kappa shape index (κ2) is 5.81. The number of carbonyl (C=O) groups excluding carboxylic acids is 1. The van der Waals surface area contributed by atoms with Gasteiger partial charge < -0.3 is 10.2 Å². The minimum Gasteiger partial charge on any atom is -0.480 e. The molecule has 5 rings (SSSR count). The van der Waals surface area contributed by atoms with Crippen LogP contribution in [0.15, 0.2) is 24.3 Å². The third-order valence-electron chi connectivity index (χ3n) is 6.80. The van der Waals surface area contributed by atoms with Crippen LogP contribution in [0.1, 0.15) is 44.1 Å². The molecule has 0 saturated heterocycles. The molecule has 0 radical (unpaired) electrons. The molecule has 4 bridgehead atoms. The molecule has 4 aliphatic carbocycles. The first kappa shape index (κ1) is 17.5. The lowest BCUT2D eigenvalue weighted by Crippen LogP contribution is -2.59. The normalized spacial score (nSPS) is 34.8. The predicted molar refractivity (Wildman–Crippen MR) is 94.0 cm³/mol. The van der Waals surface area contributed by atoms with E-state index in [2.05, 4.69) is 0 Å². The third kappa shape index (κ3) is 2.56. The van der Waals surface area contributed by atoms with Crippen molar-refractivity contribution >= 4 is 29.3 Å². The molecule has 2 unspecified atom stereocenters. The average Bonchev–Trinajstić information content (AvgIpc) is 2.53. The summed E-state index contributed by atoms with van der Waals surface area (Å²) in [4.78, 5) is 36.0. The predicted octanol–water partition coefficient (Wildman–Crippen LogP) is 3.53. The Morgan fingerprint density at radius 2 is 1.50 bits per heavy atom. The molecule has 0 spiro atoms. The zero-order valence-electron chi connectivity index (χ0n) is 14.3. The number of benzene rings is 1. The van der Waals surface area contributed by atoms with Crippen molar-refractivity contribution in [1.82, 2.24) is 0 Å². The minimum absolute atomic E-state index is 0.175. The van der Waals surface area contributed by atoms with Crippen LogP contribution in [0.5, 0.6) is 0 Å². The molecular formula is C20H21ClO5. The van der Waals surface area contributed by atoms with E-state index < -0.39 is 29.1 Å². The lowest BCUT2D eigenvalue weighted by Gasteiger charge is -2.62. The highest BCUT2D eigenvalue weighted by Crippen LogP contribution is 2.66. The van der Waals surface area contributed by atoms with Crippen molar-refractivity contribution < 1.29 is 24.6 Å². The van der Waals surface area contributed by atoms with Crippen molar-refractivity contribution in [1.29, 1.82) is 0 Å². The van der Waals surface area contributed by atoms with Crippen LogP contribution in [0.2, 0.25) is 5.02 Å². The molecular weight excluding hydrogens is 356 g/mol. The average molecular weight is 377 g/mol. The molecule has 138 valence electrons. The van der Waals surface area contributed by atoms with Gasteiger partial charge in [-0.25, -0.2) is 0 Å². The highest BCUT2D eigenvalue weighted by molar-refractivity contribution is 6.30. The van der Waals surface area contributed by atoms with Gasteiger partial charge in [-0.05, 0) is 73.5 Å². The summed E-state index contributed by atoms with van der Waals surface area (Å²) in [5.74, 6) is -4.99. The van der Waals surface area contributed by atoms with Crippen LogP contribution in [-0.4, -0.2) is 27.9 Å². The molecule has 1 aromatic carbocycles. The molecule has 5 nitrogen and oxygen atoms in total. The lowest BCUT2D eigenvalue weighted by atomic mass is 9.41. The van der Waals surface area contributed by atoms with Crippen LogP contribution < -0.4 is 0 Å². The van der Waals surface area contributed by atoms with Gasteiger partial charge >= 0.3 is 11.9 Å². The molecule has 2 atom stereocenters. The van der Waals surface area contributed by atoms with Gasteiger partial charge in [-0.1, -0.05) is 23.7 Å². The van der Waals surface area contributed by atoms with Crippen molar-refractivity contribution in [2.45, 2.75) is 43.9 Å². The van der Waals surface area contributed by atoms with E-state index in [4.69, 9.17) is 11.6 Å². The first-order valence-corrected chi connectivity index (χ1v) is 9.38. The molecule has 0 amide bonds. The summed E-state index contributed by atoms with van der Waals surface area (Å²) in [5.41, 5.74) is 0.132. The van der Waals surface area contributed by atoms with Crippen molar-refractivity contribution in [2.75, 3.05) is 0 Å². The summed E-state index contributed by atoms with van der Waals surface area (Å²) in [7, 11) is 0. The maximum absolute atomic E-state index is 13.1. The number of carboxylic acids is 2. The molecule has 0 aliphatic heterocycles. The number of halogens is 1. The van der Waals surface area contributed by atoms with E-state index in [1.54, 1.807) is 0 Å². The van der Waals surface area contributed by atoms with Gasteiger partial charge in [-0.2, -0.15) is 0 Å². The fraction of sp³-hybridized carbons (Fsp3) is 0.550. The smallest absolute Gasteiger partial charge is 0.325 e. The second-order valence-corrected chi connectivity index (χ2v) is 8.94. The Hall–Kier alpha value is -1.88. The van der Waals surface area contributed by atoms with Gasteiger partial charge in [0, 0.05) is 10.4 Å². The molecule has 6 heteroatoms. The lowest BCUT2D eigenvalue weighted by molar-refractivity contribution is -0.167. The van der Waals surface area contributed by atoms with E-state index in [1.165, 1.54) is 0 Å². The molecule has 1 aromatic rings. The summed E-state index contributed by atoms with van der Waals surface area (Å²) in [6.45, 7) is 0. The molecule has 0 aromatic heterocycles. The standard InChI is InChI=1S/C20H21ClO5/c21-14-3-1-13(2-4-14)19-6-11-5-12(7-19)9-20(8-11,10-19)16(22)15(17(23)24)18(25)26/h1-4,11-12,15H,5-10H2,(H,23,24)(H,25,26). The van der Waals surface area contributed by atoms with Gasteiger partial charge in [-0.3, -0.25) is 14.4 Å². The van der Waals surface area contributed by atoms with E-state index in [-0.39, 0.29) is 5.41 Å². The van der Waals surface area contributed by atoms with Crippen molar-refractivity contribution in [3.05, 3.63) is 34.9 Å². The Bertz CT molecular complexity index is 756. The Morgan fingerprint density at radius 3 is 2.00 bits per heavy atom. The van der Waals surface area contributed by atoms with Gasteiger partial charge in [0.15, 0.2) is 5.78 Å². The zero-order chi connectivity index (χ0) is 18.7. The maximum atomic E-state index is 13.1. The van der Waals surface area contributed by atoms with Gasteiger partial charge in [0.1, 0.15) is 0 Å². The van der Waals surface area contributed by atoms with Gasteiger partial charge in [0.25, 0.3) is 0 Å². The molecule has 2 N–H and O–H groups in total. The Balaban J connectivity index is 1.74. The Morgan fingerprint density at radius 1 is 0.962 bits per heavy atom. The van der Waals surface area contributed by atoms with E-state index in [0.29, 0.717) is 36.1 Å². The number of hydrogen-bond donors (Lipinski definition) is 2. The van der Waals surface area contributed by atoms with Crippen LogP contribution in [0.4, 0.5) is 0 Å². The summed E-state index contributed by atoms with van der Waals surface area (Å²) in [6, 6.07) is 7.70. The number of rotatable bonds is 5. The highest BCUT2D eigenvalue weighted by atomic mass is 35.5. The van der Waals surface area contributed by atoms with Crippen molar-refractivity contribution in [2.24, 2.45) is 23.2 Å². The number of aliphatic carboxylic acids is 2. The van der Waals surface area contributed by atoms with E-state index in [0.717, 1.165) is 24.8 Å². The minimum atomic E-state index is -1.96. The van der Waals surface area contributed by atoms with Gasteiger partial charge in [-0.15, -0.1) is 0 Å². The quantitative estimate of drug-likeness (QED) is 0.767. The summed E-state index contributed by atoms with van der Waals surface area (Å²) < 4.78 is 0. The summed E-state index contributed by atoms with van der Waals surface area (Å²) in [5, 5.41) is 19.3. The molecule has 0 heterocycles. The number of carboxylic acid groups (broad SMARTS) is 2. The van der Waals surface area contributed by atoms with Crippen LogP contribution in [-0.2, 0) is 19.8 Å². The SMILES string of the molecule is O=C(O)C(C(=O)O)C(=O)C12CC3CC(C1)CC(c1ccc(Cl)cc1)(C3)C2. The van der Waals surface area contributed by atoms with E-state index in [1.807, 2.05) is 24.3 Å². The molecule has 4 saturated carbocycles. The van der Waals surface area contributed by atoms with Crippen LogP contribution >= 0.6 is 11.6 Å². The number of Topliss-reactive ketones (excluding diaryl/α,β-unsaturated/α-hetero) is 1. The zero-order valence-corrected chi connectivity index (χ0v) is 15.0. The van der Waals surface area contributed by atoms with E-state index in [9.17, 15) is 24.6 Å². The fourth-order valence-corrected chi connectivity index (χ4v) is 6.45. The van der Waals surface area contributed by atoms with E-state index >= 15 is 0 Å². The molecule has 4 fully saturated rings. The Kier molecular flexibility index (Phi) is 3.92. The van der Waals surface area contributed by atoms with Crippen LogP contribution in [0.25, 0.3) is 0 Å². The maximum Gasteiger partial charge on any atom is 0.325 e. The second-order valence-electron chi connectivity index (χ2n) is 8.50. The number of ketones is 1. The molecule has 4 aliphatic rings. The van der Waals surface area contributed by atoms with Crippen LogP contribution in [0, 0.1) is 23.2 Å². The van der Waals surface area contributed by atoms with Crippen molar-refractivity contribution in [3.8, 4) is 0 Å². The van der Waals surface area contributed by atoms with Gasteiger partial charge in [0.05, 0.1) is 0 Å². The number of hydrogen-bond acceptors (Lipinski definition) is 3. The van der Waals surface area contributed by atoms with Crippen molar-refractivity contribution in [3.63, 3.8) is 0 Å². The summed E-state index contributed by atoms with van der Waals surface area (Å²) >= 11 is 6.02. The van der Waals surface area contributed by atoms with Gasteiger partial charge in [0.2, 0.25) is 5.92 Å². The molecule has 26 heavy (non-hydrogen) atoms. The first-order valence-electron chi connectivity index (χ1n) is 9.01. The number of carbonyl (C=O) groups is 3. The first-order chi connectivity index (χ1) is 12.2. The van der Waals surface area contributed by atoms with Crippen LogP contribution in [0.3, 0.4) is 0 Å². The summed E-state index contributed by atoms with van der Waals surface area (Å²) in [6.07, 6.45) is 4.79. The largest absolute Gasteiger partial charge is 0.480 e. The topological polar surface area (TPSA) is 91.7 Å². The monoisotopic (exact) mass is 376 g/mol.